The zero-order valence-electron chi connectivity index (χ0n) is 9.37. The fraction of sp³-hybridized carbons (Fsp3) is 0.583. The summed E-state index contributed by atoms with van der Waals surface area (Å²) in [5.41, 5.74) is 1.30. The van der Waals surface area contributed by atoms with Gasteiger partial charge in [-0.1, -0.05) is 36.7 Å². The van der Waals surface area contributed by atoms with Gasteiger partial charge < -0.3 is 0 Å². The summed E-state index contributed by atoms with van der Waals surface area (Å²) in [6, 6.07) is 2.15. The van der Waals surface area contributed by atoms with Crippen LogP contribution in [0.2, 0.25) is 0 Å². The molecule has 1 rings (SSSR count). The van der Waals surface area contributed by atoms with Gasteiger partial charge in [-0.3, -0.25) is 4.98 Å². The molecular weight excluding hydrogens is 318 g/mol. The highest BCUT2D eigenvalue weighted by atomic mass is 79.9. The third-order valence-corrected chi connectivity index (χ3v) is 3.79. The summed E-state index contributed by atoms with van der Waals surface area (Å²) in [4.78, 5) is 4.73. The summed E-state index contributed by atoms with van der Waals surface area (Å²) in [6.07, 6.45) is 4.86. The van der Waals surface area contributed by atoms with E-state index >= 15 is 0 Å². The van der Waals surface area contributed by atoms with Gasteiger partial charge in [-0.25, -0.2) is 0 Å². The third-order valence-electron chi connectivity index (χ3n) is 2.68. The summed E-state index contributed by atoms with van der Waals surface area (Å²) < 4.78 is 1.06. The van der Waals surface area contributed by atoms with Crippen molar-refractivity contribution in [3.8, 4) is 0 Å². The first-order valence-corrected chi connectivity index (χ1v) is 6.95. The molecule has 3 heteroatoms. The molecule has 0 saturated carbocycles. The summed E-state index contributed by atoms with van der Waals surface area (Å²) in [6.45, 7) is 6.76. The van der Waals surface area contributed by atoms with Gasteiger partial charge >= 0.3 is 0 Å². The number of aromatic nitrogens is 1. The van der Waals surface area contributed by atoms with Crippen LogP contribution in [0.15, 0.2) is 22.9 Å². The quantitative estimate of drug-likeness (QED) is 0.742. The van der Waals surface area contributed by atoms with E-state index in [1.807, 2.05) is 12.4 Å². The lowest BCUT2D eigenvalue weighted by molar-refractivity contribution is 0.383. The molecule has 0 N–H and O–H groups in total. The van der Waals surface area contributed by atoms with E-state index in [0.29, 0.717) is 16.7 Å². The van der Waals surface area contributed by atoms with Crippen LogP contribution < -0.4 is 0 Å². The smallest absolute Gasteiger partial charge is 0.0410 e. The topological polar surface area (TPSA) is 12.9 Å². The van der Waals surface area contributed by atoms with Crippen LogP contribution in [0, 0.1) is 11.8 Å². The number of hydrogen-bond donors (Lipinski definition) is 0. The van der Waals surface area contributed by atoms with Gasteiger partial charge in [0.05, 0.1) is 0 Å². The second-order valence-corrected chi connectivity index (χ2v) is 6.66. The van der Waals surface area contributed by atoms with E-state index in [0.717, 1.165) is 10.9 Å². The fourth-order valence-corrected chi connectivity index (χ4v) is 2.98. The van der Waals surface area contributed by atoms with E-state index < -0.39 is 0 Å². The summed E-state index contributed by atoms with van der Waals surface area (Å²) >= 11 is 7.14. The molecule has 0 spiro atoms. The van der Waals surface area contributed by atoms with Crippen molar-refractivity contribution in [3.05, 3.63) is 28.5 Å². The Morgan fingerprint density at radius 2 is 1.93 bits per heavy atom. The van der Waals surface area contributed by atoms with Gasteiger partial charge in [0.2, 0.25) is 0 Å². The highest BCUT2D eigenvalue weighted by molar-refractivity contribution is 9.10. The molecule has 0 aromatic carbocycles. The Labute approximate surface area is 109 Å². The highest BCUT2D eigenvalue weighted by Crippen LogP contribution is 2.26. The molecule has 0 bridgehead atoms. The Hall–Kier alpha value is 0.110. The highest BCUT2D eigenvalue weighted by Gasteiger charge is 2.19. The first-order valence-electron chi connectivity index (χ1n) is 5.24. The Morgan fingerprint density at radius 1 is 1.27 bits per heavy atom. The van der Waals surface area contributed by atoms with Crippen molar-refractivity contribution < 1.29 is 0 Å². The monoisotopic (exact) mass is 333 g/mol. The normalized spacial score (nSPS) is 15.3. The fourth-order valence-electron chi connectivity index (χ4n) is 1.77. The maximum atomic E-state index is 4.19. The van der Waals surface area contributed by atoms with Crippen LogP contribution in [-0.2, 0) is 6.42 Å². The summed E-state index contributed by atoms with van der Waals surface area (Å²) in [5, 5.41) is 0. The van der Waals surface area contributed by atoms with Gasteiger partial charge in [0.25, 0.3) is 0 Å². The van der Waals surface area contributed by atoms with Gasteiger partial charge in [0.1, 0.15) is 0 Å². The Bertz CT molecular complexity index is 302. The molecule has 2 unspecified atom stereocenters. The largest absolute Gasteiger partial charge is 0.263 e. The number of alkyl halides is 1. The number of hydrogen-bond acceptors (Lipinski definition) is 1. The first kappa shape index (κ1) is 13.2. The molecule has 2 atom stereocenters. The molecule has 1 nitrogen and oxygen atoms in total. The van der Waals surface area contributed by atoms with Crippen molar-refractivity contribution in [2.75, 3.05) is 0 Å². The predicted octanol–water partition coefficient (Wildman–Crippen LogP) is 4.44. The zero-order chi connectivity index (χ0) is 11.4. The average Bonchev–Trinajstić information content (AvgIpc) is 2.13. The van der Waals surface area contributed by atoms with Crippen LogP contribution >= 0.6 is 31.9 Å². The molecule has 0 fully saturated rings. The van der Waals surface area contributed by atoms with Gasteiger partial charge in [0, 0.05) is 21.7 Å². The molecule has 0 radical (unpaired) electrons. The molecule has 0 aliphatic heterocycles. The van der Waals surface area contributed by atoms with Crippen molar-refractivity contribution in [2.24, 2.45) is 11.8 Å². The zero-order valence-corrected chi connectivity index (χ0v) is 12.5. The molecular formula is C12H17Br2N. The van der Waals surface area contributed by atoms with E-state index in [9.17, 15) is 0 Å². The molecule has 84 valence electrons. The first-order chi connectivity index (χ1) is 7.00. The molecule has 0 amide bonds. The minimum absolute atomic E-state index is 0.538. The summed E-state index contributed by atoms with van der Waals surface area (Å²) in [7, 11) is 0. The Morgan fingerprint density at radius 3 is 2.40 bits per heavy atom. The molecule has 15 heavy (non-hydrogen) atoms. The predicted molar refractivity (Wildman–Crippen MR) is 72.4 cm³/mol. The van der Waals surface area contributed by atoms with Crippen molar-refractivity contribution in [2.45, 2.75) is 32.0 Å². The number of pyridine rings is 1. The van der Waals surface area contributed by atoms with Gasteiger partial charge in [0.15, 0.2) is 0 Å². The van der Waals surface area contributed by atoms with Gasteiger partial charge in [-0.2, -0.15) is 0 Å². The Balaban J connectivity index is 2.74. The molecule has 1 heterocycles. The van der Waals surface area contributed by atoms with Crippen LogP contribution in [0.25, 0.3) is 0 Å². The lowest BCUT2D eigenvalue weighted by atomic mass is 9.87. The average molecular weight is 335 g/mol. The van der Waals surface area contributed by atoms with Crippen molar-refractivity contribution in [1.82, 2.24) is 4.98 Å². The maximum absolute atomic E-state index is 4.19. The second-order valence-electron chi connectivity index (χ2n) is 4.30. The van der Waals surface area contributed by atoms with Crippen LogP contribution in [0.3, 0.4) is 0 Å². The lowest BCUT2D eigenvalue weighted by Gasteiger charge is -2.23. The van der Waals surface area contributed by atoms with E-state index in [1.54, 1.807) is 0 Å². The van der Waals surface area contributed by atoms with Gasteiger partial charge in [-0.05, 0) is 45.8 Å². The molecule has 0 saturated heterocycles. The SMILES string of the molecule is CC(C)C(Cc1cncc(Br)c1)C(C)Br. The minimum Gasteiger partial charge on any atom is -0.263 e. The van der Waals surface area contributed by atoms with E-state index in [4.69, 9.17) is 0 Å². The molecule has 1 aromatic heterocycles. The van der Waals surface area contributed by atoms with Crippen LogP contribution in [0.5, 0.6) is 0 Å². The molecule has 0 aliphatic rings. The van der Waals surface area contributed by atoms with E-state index in [-0.39, 0.29) is 0 Å². The number of rotatable bonds is 4. The van der Waals surface area contributed by atoms with Crippen LogP contribution in [0.1, 0.15) is 26.3 Å². The van der Waals surface area contributed by atoms with Crippen LogP contribution in [-0.4, -0.2) is 9.81 Å². The third kappa shape index (κ3) is 4.23. The van der Waals surface area contributed by atoms with Crippen molar-refractivity contribution in [3.63, 3.8) is 0 Å². The van der Waals surface area contributed by atoms with E-state index in [1.165, 1.54) is 5.56 Å². The molecule has 0 aliphatic carbocycles. The maximum Gasteiger partial charge on any atom is 0.0410 e. The lowest BCUT2D eigenvalue weighted by Crippen LogP contribution is -2.20. The van der Waals surface area contributed by atoms with Crippen molar-refractivity contribution in [1.29, 1.82) is 0 Å². The number of nitrogens with zero attached hydrogens (tertiary/aromatic N) is 1. The summed E-state index contributed by atoms with van der Waals surface area (Å²) in [5.74, 6) is 1.33. The molecule has 1 aromatic rings. The standard InChI is InChI=1S/C12H17Br2N/c1-8(2)12(9(3)13)5-10-4-11(14)7-15-6-10/h4,6-9,12H,5H2,1-3H3. The second kappa shape index (κ2) is 6.00. The van der Waals surface area contributed by atoms with Gasteiger partial charge in [-0.15, -0.1) is 0 Å². The van der Waals surface area contributed by atoms with Crippen molar-refractivity contribution >= 4 is 31.9 Å². The van der Waals surface area contributed by atoms with E-state index in [2.05, 4.69) is 63.7 Å². The van der Waals surface area contributed by atoms with Crippen LogP contribution in [0.4, 0.5) is 0 Å². The minimum atomic E-state index is 0.538. The Kier molecular flexibility index (Phi) is 5.27. The number of halogens is 2.